The lowest BCUT2D eigenvalue weighted by molar-refractivity contribution is 0.521. The number of nitrogens with one attached hydrogen (secondary N) is 1. The molecule has 0 bridgehead atoms. The Labute approximate surface area is 305 Å². The molecule has 51 heavy (non-hydrogen) atoms. The monoisotopic (exact) mass is 664 g/mol. The lowest BCUT2D eigenvalue weighted by Gasteiger charge is -2.44. The molecule has 0 unspecified atom stereocenters. The van der Waals surface area contributed by atoms with Gasteiger partial charge >= 0.3 is 0 Å². The molecular weight excluding hydrogens is 615 g/mol. The summed E-state index contributed by atoms with van der Waals surface area (Å²) < 4.78 is 0. The van der Waals surface area contributed by atoms with E-state index in [0.29, 0.717) is 0 Å². The molecule has 6 aromatic rings. The van der Waals surface area contributed by atoms with Crippen molar-refractivity contribution in [1.82, 2.24) is 0 Å². The van der Waals surface area contributed by atoms with Crippen LogP contribution in [0.4, 0.5) is 28.4 Å². The Balaban J connectivity index is 1.43. The molecule has 0 saturated heterocycles. The summed E-state index contributed by atoms with van der Waals surface area (Å²) in [5, 5.41) is 4.01. The smallest absolute Gasteiger partial charge is 0.198 e. The van der Waals surface area contributed by atoms with Crippen LogP contribution in [-0.4, -0.2) is 7.28 Å². The highest BCUT2D eigenvalue weighted by molar-refractivity contribution is 6.73. The lowest BCUT2D eigenvalue weighted by atomic mass is 9.57. The molecule has 3 heteroatoms. The van der Waals surface area contributed by atoms with Gasteiger partial charge in [-0.1, -0.05) is 138 Å². The average Bonchev–Trinajstić information content (AvgIpc) is 3.14. The van der Waals surface area contributed by atoms with Crippen molar-refractivity contribution < 1.29 is 0 Å². The maximum atomic E-state index is 4.01. The van der Waals surface area contributed by atoms with Crippen molar-refractivity contribution in [1.29, 1.82) is 0 Å². The fraction of sp³-hybridized carbons (Fsp3) is 0.250. The molecule has 1 N–H and O–H groups in total. The molecule has 6 aromatic carbocycles. The fourth-order valence-electron chi connectivity index (χ4n) is 8.80. The summed E-state index contributed by atoms with van der Waals surface area (Å²) in [5.41, 5.74) is 19.5. The van der Waals surface area contributed by atoms with Gasteiger partial charge in [0.25, 0.3) is 0 Å². The summed E-state index contributed by atoms with van der Waals surface area (Å²) >= 11 is 0. The highest BCUT2D eigenvalue weighted by atomic mass is 15.1. The van der Waals surface area contributed by atoms with Crippen LogP contribution in [0.25, 0.3) is 11.1 Å². The first-order valence-electron chi connectivity index (χ1n) is 18.9. The van der Waals surface area contributed by atoms with E-state index in [9.17, 15) is 0 Å². The molecule has 8 rings (SSSR count). The van der Waals surface area contributed by atoms with Crippen LogP contribution >= 0.6 is 0 Å². The Morgan fingerprint density at radius 1 is 0.588 bits per heavy atom. The number of hydrogen-bond acceptors (Lipinski definition) is 2. The molecule has 0 amide bonds. The highest BCUT2D eigenvalue weighted by Gasteiger charge is 2.42. The predicted octanol–water partition coefficient (Wildman–Crippen LogP) is 11.3. The van der Waals surface area contributed by atoms with Crippen LogP contribution in [0.5, 0.6) is 0 Å². The first-order chi connectivity index (χ1) is 24.7. The quantitative estimate of drug-likeness (QED) is 0.128. The van der Waals surface area contributed by atoms with Crippen molar-refractivity contribution in [3.05, 3.63) is 161 Å². The zero-order chi connectivity index (χ0) is 35.3. The average molecular weight is 665 g/mol. The molecule has 0 saturated carbocycles. The maximum absolute atomic E-state index is 4.01. The lowest BCUT2D eigenvalue weighted by Crippen LogP contribution is -2.41. The van der Waals surface area contributed by atoms with Gasteiger partial charge in [-0.05, 0) is 107 Å². The summed E-state index contributed by atoms with van der Waals surface area (Å²) in [6.45, 7) is 14.1. The molecule has 0 radical (unpaired) electrons. The molecule has 1 aliphatic heterocycles. The van der Waals surface area contributed by atoms with Gasteiger partial charge in [0.2, 0.25) is 0 Å². The number of hydrogen-bond donors (Lipinski definition) is 1. The minimum atomic E-state index is -0.154. The largest absolute Gasteiger partial charge is 0.355 e. The van der Waals surface area contributed by atoms with E-state index in [1.807, 2.05) is 0 Å². The minimum absolute atomic E-state index is 0.146. The van der Waals surface area contributed by atoms with E-state index >= 15 is 0 Å². The van der Waals surface area contributed by atoms with Gasteiger partial charge in [-0.3, -0.25) is 0 Å². The van der Waals surface area contributed by atoms with Crippen molar-refractivity contribution in [2.24, 2.45) is 0 Å². The number of unbranched alkanes of at least 4 members (excludes halogenated alkanes) is 2. The van der Waals surface area contributed by atoms with Crippen molar-refractivity contribution in [2.75, 3.05) is 10.2 Å². The molecule has 0 fully saturated rings. The third-order valence-corrected chi connectivity index (χ3v) is 11.7. The van der Waals surface area contributed by atoms with Gasteiger partial charge < -0.3 is 10.2 Å². The fourth-order valence-corrected chi connectivity index (χ4v) is 8.80. The second kappa shape index (κ2) is 12.9. The molecule has 0 aromatic heterocycles. The number of para-hydroxylation sites is 3. The van der Waals surface area contributed by atoms with Crippen molar-refractivity contribution in [3.8, 4) is 11.1 Å². The van der Waals surface area contributed by atoms with E-state index in [2.05, 4.69) is 179 Å². The third-order valence-electron chi connectivity index (χ3n) is 11.7. The van der Waals surface area contributed by atoms with Gasteiger partial charge in [0, 0.05) is 44.8 Å². The van der Waals surface area contributed by atoms with Crippen LogP contribution in [0.15, 0.2) is 127 Å². The molecule has 254 valence electrons. The van der Waals surface area contributed by atoms with Crippen LogP contribution in [0, 0.1) is 6.92 Å². The van der Waals surface area contributed by atoms with Crippen LogP contribution in [0.1, 0.15) is 87.3 Å². The Kier molecular flexibility index (Phi) is 8.42. The first-order valence-corrected chi connectivity index (χ1v) is 18.9. The topological polar surface area (TPSA) is 15.3 Å². The molecule has 1 heterocycles. The van der Waals surface area contributed by atoms with E-state index in [0.717, 1.165) is 19.4 Å². The van der Waals surface area contributed by atoms with E-state index < -0.39 is 0 Å². The van der Waals surface area contributed by atoms with E-state index in [1.54, 1.807) is 0 Å². The number of benzene rings is 6. The zero-order valence-corrected chi connectivity index (χ0v) is 31.1. The third kappa shape index (κ3) is 5.68. The van der Waals surface area contributed by atoms with Gasteiger partial charge in [0.15, 0.2) is 7.28 Å². The summed E-state index contributed by atoms with van der Waals surface area (Å²) in [6, 6.07) is 47.8. The van der Waals surface area contributed by atoms with Gasteiger partial charge in [-0.25, -0.2) is 0 Å². The SMILES string of the molecule is CCCCCc1cc(-c2cc3c(cc2Nc2ccccc2C)C(C)(C)c2ccccc2C3(C)C)c2c(c1)N(c1ccccc1)c1ccccc1B2. The molecule has 0 spiro atoms. The second-order valence-electron chi connectivity index (χ2n) is 15.8. The van der Waals surface area contributed by atoms with Gasteiger partial charge in [0.05, 0.1) is 0 Å². The normalized spacial score (nSPS) is 14.8. The van der Waals surface area contributed by atoms with E-state index in [1.165, 1.54) is 97.4 Å². The molecular formula is C48H49BN2. The van der Waals surface area contributed by atoms with Crippen LogP contribution in [-0.2, 0) is 17.3 Å². The molecule has 2 aliphatic rings. The predicted molar refractivity (Wildman–Crippen MR) is 221 cm³/mol. The number of rotatable bonds is 8. The van der Waals surface area contributed by atoms with Gasteiger partial charge in [-0.15, -0.1) is 0 Å². The van der Waals surface area contributed by atoms with E-state index in [4.69, 9.17) is 0 Å². The summed E-state index contributed by atoms with van der Waals surface area (Å²) in [6.07, 6.45) is 4.70. The first kappa shape index (κ1) is 33.1. The highest BCUT2D eigenvalue weighted by Crippen LogP contribution is 2.52. The summed E-state index contributed by atoms with van der Waals surface area (Å²) in [5.74, 6) is 0. The molecule has 1 aliphatic carbocycles. The van der Waals surface area contributed by atoms with Crippen molar-refractivity contribution >= 4 is 46.6 Å². The second-order valence-corrected chi connectivity index (χ2v) is 15.8. The van der Waals surface area contributed by atoms with Crippen molar-refractivity contribution in [2.45, 2.75) is 78.1 Å². The number of fused-ring (bicyclic) bond motifs is 4. The minimum Gasteiger partial charge on any atom is -0.355 e. The van der Waals surface area contributed by atoms with Crippen LogP contribution in [0.2, 0.25) is 0 Å². The maximum Gasteiger partial charge on any atom is 0.198 e. The Hall–Kier alpha value is -5.02. The standard InChI is InChI=1S/C48H49BN2/c1-7-8-10-20-33-28-36(46-45(29-33)51(34-21-11-9-12-22-34)44-27-18-16-25-41(44)49-46)35-30-39-40(31-43(35)50-42-26-17-13-19-32(42)2)48(5,6)38-24-15-14-23-37(38)47(39,3)4/h9,11-19,21-31,49-50H,7-8,10,20H2,1-6H3. The summed E-state index contributed by atoms with van der Waals surface area (Å²) in [7, 11) is 0.887. The Morgan fingerprint density at radius 2 is 1.24 bits per heavy atom. The van der Waals surface area contributed by atoms with Gasteiger partial charge in [-0.2, -0.15) is 0 Å². The molecule has 0 atom stereocenters. The molecule has 2 nitrogen and oxygen atoms in total. The van der Waals surface area contributed by atoms with E-state index in [-0.39, 0.29) is 10.8 Å². The Morgan fingerprint density at radius 3 is 1.96 bits per heavy atom. The number of nitrogens with zero attached hydrogens (tertiary/aromatic N) is 1. The van der Waals surface area contributed by atoms with Crippen LogP contribution in [0.3, 0.4) is 0 Å². The zero-order valence-electron chi connectivity index (χ0n) is 31.1. The Bertz CT molecular complexity index is 2250. The van der Waals surface area contributed by atoms with Gasteiger partial charge in [0.1, 0.15) is 0 Å². The number of anilines is 5. The van der Waals surface area contributed by atoms with Crippen LogP contribution < -0.4 is 21.1 Å². The summed E-state index contributed by atoms with van der Waals surface area (Å²) in [4.78, 5) is 2.51. The van der Waals surface area contributed by atoms with Crippen molar-refractivity contribution in [3.63, 3.8) is 0 Å². The number of aryl methyl sites for hydroxylation is 2.